The highest BCUT2D eigenvalue weighted by Gasteiger charge is 2.18. The molecule has 0 N–H and O–H groups in total. The van der Waals surface area contributed by atoms with E-state index in [1.165, 1.54) is 19.2 Å². The van der Waals surface area contributed by atoms with E-state index >= 15 is 0 Å². The van der Waals surface area contributed by atoms with Gasteiger partial charge in [0, 0.05) is 21.5 Å². The van der Waals surface area contributed by atoms with Crippen LogP contribution in [0.2, 0.25) is 5.02 Å². The van der Waals surface area contributed by atoms with Crippen molar-refractivity contribution in [2.75, 3.05) is 7.11 Å². The highest BCUT2D eigenvalue weighted by Crippen LogP contribution is 2.29. The molecule has 0 saturated carbocycles. The highest BCUT2D eigenvalue weighted by atomic mass is 79.9. The molecule has 0 amide bonds. The normalized spacial score (nSPS) is 10.5. The summed E-state index contributed by atoms with van der Waals surface area (Å²) in [6.07, 6.45) is -0.114. The molecule has 2 aromatic rings. The number of carbonyl (C=O) groups is 1. The summed E-state index contributed by atoms with van der Waals surface area (Å²) in [7, 11) is 1.50. The standard InChI is InChI=1S/C16H13BrClFO2/c1-9-6-16(21-2)11(7-12(9)17)15(20)8-10-13(18)4-3-5-14(10)19/h3-7H,8H2,1-2H3. The van der Waals surface area contributed by atoms with Gasteiger partial charge < -0.3 is 4.74 Å². The molecule has 0 aromatic heterocycles. The van der Waals surface area contributed by atoms with Gasteiger partial charge in [0.25, 0.3) is 0 Å². The number of ether oxygens (including phenoxy) is 1. The van der Waals surface area contributed by atoms with Gasteiger partial charge in [-0.3, -0.25) is 4.79 Å². The maximum Gasteiger partial charge on any atom is 0.171 e. The molecule has 0 saturated heterocycles. The maximum atomic E-state index is 13.8. The Morgan fingerprint density at radius 1 is 1.38 bits per heavy atom. The number of hydrogen-bond donors (Lipinski definition) is 0. The minimum absolute atomic E-state index is 0.114. The van der Waals surface area contributed by atoms with Gasteiger partial charge in [0.2, 0.25) is 0 Å². The topological polar surface area (TPSA) is 26.3 Å². The van der Waals surface area contributed by atoms with Crippen LogP contribution in [0, 0.1) is 12.7 Å². The zero-order valence-corrected chi connectivity index (χ0v) is 13.9. The fourth-order valence-electron chi connectivity index (χ4n) is 2.00. The van der Waals surface area contributed by atoms with Crippen LogP contribution in [0.5, 0.6) is 5.75 Å². The van der Waals surface area contributed by atoms with Crippen molar-refractivity contribution >= 4 is 33.3 Å². The molecule has 0 heterocycles. The van der Waals surface area contributed by atoms with Crippen molar-refractivity contribution in [3.05, 3.63) is 62.3 Å². The van der Waals surface area contributed by atoms with E-state index in [0.29, 0.717) is 11.3 Å². The number of aryl methyl sites for hydroxylation is 1. The van der Waals surface area contributed by atoms with Crippen LogP contribution < -0.4 is 4.74 Å². The molecule has 0 radical (unpaired) electrons. The largest absolute Gasteiger partial charge is 0.496 e. The molecular formula is C16H13BrClFO2. The summed E-state index contributed by atoms with van der Waals surface area (Å²) in [5.41, 5.74) is 1.55. The third-order valence-electron chi connectivity index (χ3n) is 3.18. The number of rotatable bonds is 4. The van der Waals surface area contributed by atoms with Crippen LogP contribution in [0.3, 0.4) is 0 Å². The number of benzene rings is 2. The first-order chi connectivity index (χ1) is 9.93. The van der Waals surface area contributed by atoms with Crippen LogP contribution in [0.4, 0.5) is 4.39 Å². The number of ketones is 1. The summed E-state index contributed by atoms with van der Waals surface area (Å²) in [5.74, 6) is -0.270. The molecule has 2 rings (SSSR count). The lowest BCUT2D eigenvalue weighted by Crippen LogP contribution is -2.08. The van der Waals surface area contributed by atoms with Gasteiger partial charge in [0.15, 0.2) is 5.78 Å². The fraction of sp³-hybridized carbons (Fsp3) is 0.188. The predicted molar refractivity (Wildman–Crippen MR) is 84.9 cm³/mol. The Morgan fingerprint density at radius 2 is 2.10 bits per heavy atom. The zero-order valence-electron chi connectivity index (χ0n) is 11.5. The second-order valence-electron chi connectivity index (χ2n) is 4.60. The number of Topliss-reactive ketones (excluding diaryl/α,β-unsaturated/α-hetero) is 1. The Hall–Kier alpha value is -1.39. The van der Waals surface area contributed by atoms with Crippen LogP contribution in [-0.2, 0) is 6.42 Å². The molecular weight excluding hydrogens is 359 g/mol. The Bertz CT molecular complexity index is 681. The van der Waals surface area contributed by atoms with Crippen molar-refractivity contribution in [3.8, 4) is 5.75 Å². The second-order valence-corrected chi connectivity index (χ2v) is 5.86. The zero-order chi connectivity index (χ0) is 15.6. The predicted octanol–water partition coefficient (Wildman–Crippen LogP) is 4.98. The Labute approximate surface area is 136 Å². The molecule has 110 valence electrons. The van der Waals surface area contributed by atoms with Gasteiger partial charge in [0.1, 0.15) is 11.6 Å². The van der Waals surface area contributed by atoms with E-state index in [1.807, 2.05) is 6.92 Å². The molecule has 0 aliphatic carbocycles. The van der Waals surface area contributed by atoms with Crippen molar-refractivity contribution < 1.29 is 13.9 Å². The van der Waals surface area contributed by atoms with Crippen LogP contribution >= 0.6 is 27.5 Å². The summed E-state index contributed by atoms with van der Waals surface area (Å²) in [6.45, 7) is 1.90. The summed E-state index contributed by atoms with van der Waals surface area (Å²) >= 11 is 9.34. The minimum atomic E-state index is -0.485. The van der Waals surface area contributed by atoms with Crippen molar-refractivity contribution in [2.24, 2.45) is 0 Å². The number of methoxy groups -OCH3 is 1. The second kappa shape index (κ2) is 6.58. The smallest absolute Gasteiger partial charge is 0.171 e. The molecule has 0 aliphatic rings. The van der Waals surface area contributed by atoms with Crippen molar-refractivity contribution in [1.29, 1.82) is 0 Å². The van der Waals surface area contributed by atoms with Crippen LogP contribution in [-0.4, -0.2) is 12.9 Å². The van der Waals surface area contributed by atoms with Gasteiger partial charge in [-0.25, -0.2) is 4.39 Å². The summed E-state index contributed by atoms with van der Waals surface area (Å²) in [4.78, 5) is 12.4. The van der Waals surface area contributed by atoms with E-state index in [4.69, 9.17) is 16.3 Å². The first kappa shape index (κ1) is 16.0. The lowest BCUT2D eigenvalue weighted by Gasteiger charge is -2.11. The van der Waals surface area contributed by atoms with E-state index in [1.54, 1.807) is 18.2 Å². The first-order valence-electron chi connectivity index (χ1n) is 6.24. The summed E-state index contributed by atoms with van der Waals surface area (Å²) in [6, 6.07) is 7.81. The van der Waals surface area contributed by atoms with E-state index in [9.17, 15) is 9.18 Å². The monoisotopic (exact) mass is 370 g/mol. The number of halogens is 3. The number of carbonyl (C=O) groups excluding carboxylic acids is 1. The van der Waals surface area contributed by atoms with Gasteiger partial charge in [0.05, 0.1) is 12.7 Å². The van der Waals surface area contributed by atoms with E-state index < -0.39 is 5.82 Å². The Balaban J connectivity index is 2.39. The molecule has 0 spiro atoms. The first-order valence-corrected chi connectivity index (χ1v) is 7.41. The molecule has 0 fully saturated rings. The molecule has 0 aliphatic heterocycles. The van der Waals surface area contributed by atoms with Crippen molar-refractivity contribution in [3.63, 3.8) is 0 Å². The lowest BCUT2D eigenvalue weighted by molar-refractivity contribution is 0.0989. The van der Waals surface area contributed by atoms with E-state index in [2.05, 4.69) is 15.9 Å². The minimum Gasteiger partial charge on any atom is -0.496 e. The van der Waals surface area contributed by atoms with Gasteiger partial charge in [-0.15, -0.1) is 0 Å². The summed E-state index contributed by atoms with van der Waals surface area (Å²) < 4.78 is 19.8. The molecule has 0 bridgehead atoms. The van der Waals surface area contributed by atoms with Crippen LogP contribution in [0.25, 0.3) is 0 Å². The number of hydrogen-bond acceptors (Lipinski definition) is 2. The van der Waals surface area contributed by atoms with Gasteiger partial charge in [-0.1, -0.05) is 33.6 Å². The van der Waals surface area contributed by atoms with Crippen molar-refractivity contribution in [1.82, 2.24) is 0 Å². The molecule has 0 atom stereocenters. The van der Waals surface area contributed by atoms with Crippen LogP contribution in [0.1, 0.15) is 21.5 Å². The van der Waals surface area contributed by atoms with Crippen LogP contribution in [0.15, 0.2) is 34.8 Å². The van der Waals surface area contributed by atoms with E-state index in [-0.39, 0.29) is 22.8 Å². The molecule has 5 heteroatoms. The van der Waals surface area contributed by atoms with Gasteiger partial charge in [-0.05, 0) is 36.8 Å². The molecule has 2 aromatic carbocycles. The molecule has 2 nitrogen and oxygen atoms in total. The average Bonchev–Trinajstić information content (AvgIpc) is 2.45. The SMILES string of the molecule is COc1cc(C)c(Br)cc1C(=O)Cc1c(F)cccc1Cl. The summed E-state index contributed by atoms with van der Waals surface area (Å²) in [5, 5.41) is 0.244. The van der Waals surface area contributed by atoms with Crippen molar-refractivity contribution in [2.45, 2.75) is 13.3 Å². The fourth-order valence-corrected chi connectivity index (χ4v) is 2.57. The Kier molecular flexibility index (Phi) is 5.01. The molecule has 0 unspecified atom stereocenters. The Morgan fingerprint density at radius 3 is 2.71 bits per heavy atom. The van der Waals surface area contributed by atoms with Gasteiger partial charge in [-0.2, -0.15) is 0 Å². The lowest BCUT2D eigenvalue weighted by atomic mass is 10.0. The quantitative estimate of drug-likeness (QED) is 0.708. The highest BCUT2D eigenvalue weighted by molar-refractivity contribution is 9.10. The molecule has 21 heavy (non-hydrogen) atoms. The average molecular weight is 372 g/mol. The van der Waals surface area contributed by atoms with E-state index in [0.717, 1.165) is 10.0 Å². The third-order valence-corrected chi connectivity index (χ3v) is 4.39. The third kappa shape index (κ3) is 3.44. The maximum absolute atomic E-state index is 13.8. The van der Waals surface area contributed by atoms with Gasteiger partial charge >= 0.3 is 0 Å².